The van der Waals surface area contributed by atoms with E-state index < -0.39 is 17.1 Å². The first kappa shape index (κ1) is 19.9. The van der Waals surface area contributed by atoms with Crippen LogP contribution in [-0.4, -0.2) is 34.2 Å². The van der Waals surface area contributed by atoms with Gasteiger partial charge in [-0.1, -0.05) is 30.1 Å². The lowest BCUT2D eigenvalue weighted by Gasteiger charge is -2.22. The molecule has 0 aliphatic heterocycles. The predicted molar refractivity (Wildman–Crippen MR) is 92.8 cm³/mol. The highest BCUT2D eigenvalue weighted by atomic mass is 35.5. The van der Waals surface area contributed by atoms with E-state index in [-0.39, 0.29) is 31.0 Å². The molecule has 1 aliphatic carbocycles. The number of hydrogen-bond acceptors (Lipinski definition) is 5. The van der Waals surface area contributed by atoms with Crippen molar-refractivity contribution in [3.63, 3.8) is 0 Å². The molecule has 0 aromatic carbocycles. The first-order chi connectivity index (χ1) is 11.0. The molecule has 0 spiro atoms. The smallest absolute Gasteiger partial charge is 0.153 e. The van der Waals surface area contributed by atoms with Crippen LogP contribution in [0.3, 0.4) is 0 Å². The molecule has 5 nitrogen and oxygen atoms in total. The summed E-state index contributed by atoms with van der Waals surface area (Å²) in [6, 6.07) is 0. The van der Waals surface area contributed by atoms with Gasteiger partial charge in [0.05, 0.1) is 5.71 Å². The van der Waals surface area contributed by atoms with Crippen LogP contribution in [0.25, 0.3) is 0 Å². The van der Waals surface area contributed by atoms with E-state index in [0.29, 0.717) is 23.5 Å². The van der Waals surface area contributed by atoms with Gasteiger partial charge in [0.15, 0.2) is 11.6 Å². The number of carbonyl (C=O) groups excluding carboxylic acids is 2. The largest absolute Gasteiger partial charge is 0.612 e. The van der Waals surface area contributed by atoms with Crippen LogP contribution < -0.4 is 0 Å². The van der Waals surface area contributed by atoms with Gasteiger partial charge in [0.1, 0.15) is 23.7 Å². The van der Waals surface area contributed by atoms with Crippen LogP contribution in [0.5, 0.6) is 0 Å². The Hall–Kier alpha value is -1.11. The SMILES string of the molecule is CCCC(=NOC/C=C/Cl)C1C(=O)CC(=C[S+]([O-])CC)CC1=O. The van der Waals surface area contributed by atoms with Gasteiger partial charge >= 0.3 is 0 Å². The summed E-state index contributed by atoms with van der Waals surface area (Å²) in [5.41, 5.74) is 2.41. The zero-order valence-electron chi connectivity index (χ0n) is 13.4. The second kappa shape index (κ2) is 10.6. The standard InChI is InChI=1S/C16H22ClNO4S/c1-3-6-13(18-22-8-5-7-17)16-14(19)9-12(10-15(16)20)11-23(21)4-2/h5,7,11,16H,3-4,6,8-10H2,1-2H3/b7-5+,12-11?,18-13?. The van der Waals surface area contributed by atoms with Crippen molar-refractivity contribution in [3.8, 4) is 0 Å². The molecule has 0 aromatic heterocycles. The molecule has 1 atom stereocenters. The summed E-state index contributed by atoms with van der Waals surface area (Å²) < 4.78 is 11.6. The summed E-state index contributed by atoms with van der Waals surface area (Å²) >= 11 is 4.27. The number of hydrogen-bond donors (Lipinski definition) is 0. The maximum absolute atomic E-state index is 12.4. The van der Waals surface area contributed by atoms with E-state index in [1.807, 2.05) is 6.92 Å². The van der Waals surface area contributed by atoms with Crippen molar-refractivity contribution in [3.05, 3.63) is 22.6 Å². The highest BCUT2D eigenvalue weighted by molar-refractivity contribution is 7.94. The number of rotatable bonds is 8. The van der Waals surface area contributed by atoms with Crippen molar-refractivity contribution >= 4 is 40.1 Å². The minimum Gasteiger partial charge on any atom is -0.612 e. The Kier molecular flexibility index (Phi) is 9.21. The number of Topliss-reactive ketones (excluding diaryl/α,β-unsaturated/α-hetero) is 2. The Morgan fingerprint density at radius 2 is 2.04 bits per heavy atom. The molecule has 0 amide bonds. The number of nitrogens with zero attached hydrogens (tertiary/aromatic N) is 1. The Bertz CT molecular complexity index is 496. The molecule has 0 aromatic rings. The summed E-state index contributed by atoms with van der Waals surface area (Å²) in [6.45, 7) is 3.93. The average molecular weight is 360 g/mol. The van der Waals surface area contributed by atoms with Crippen molar-refractivity contribution in [2.24, 2.45) is 11.1 Å². The normalized spacial score (nSPS) is 21.0. The lowest BCUT2D eigenvalue weighted by Crippen LogP contribution is -2.36. The third kappa shape index (κ3) is 6.49. The molecule has 0 bridgehead atoms. The molecule has 128 valence electrons. The minimum absolute atomic E-state index is 0.145. The van der Waals surface area contributed by atoms with Crippen molar-refractivity contribution in [1.82, 2.24) is 0 Å². The van der Waals surface area contributed by atoms with Gasteiger partial charge in [0, 0.05) is 18.4 Å². The fourth-order valence-corrected chi connectivity index (χ4v) is 3.09. The van der Waals surface area contributed by atoms with Gasteiger partial charge in [0.2, 0.25) is 0 Å². The second-order valence-corrected chi connectivity index (χ2v) is 6.98. The van der Waals surface area contributed by atoms with Crippen LogP contribution in [0.2, 0.25) is 0 Å². The quantitative estimate of drug-likeness (QED) is 0.219. The van der Waals surface area contributed by atoms with E-state index in [9.17, 15) is 14.1 Å². The molecule has 0 heterocycles. The minimum atomic E-state index is -1.13. The van der Waals surface area contributed by atoms with Gasteiger partial charge < -0.3 is 9.39 Å². The van der Waals surface area contributed by atoms with Crippen molar-refractivity contribution in [2.75, 3.05) is 12.4 Å². The fraction of sp³-hybridized carbons (Fsp3) is 0.562. The van der Waals surface area contributed by atoms with E-state index >= 15 is 0 Å². The molecule has 0 radical (unpaired) electrons. The van der Waals surface area contributed by atoms with Crippen LogP contribution in [0.15, 0.2) is 27.7 Å². The Morgan fingerprint density at radius 3 is 2.57 bits per heavy atom. The summed E-state index contributed by atoms with van der Waals surface area (Å²) in [5.74, 6) is -0.782. The molecule has 23 heavy (non-hydrogen) atoms. The summed E-state index contributed by atoms with van der Waals surface area (Å²) in [6.07, 6.45) is 3.14. The maximum atomic E-state index is 12.4. The Balaban J connectivity index is 2.86. The number of carbonyl (C=O) groups is 2. The van der Waals surface area contributed by atoms with E-state index in [4.69, 9.17) is 16.4 Å². The van der Waals surface area contributed by atoms with Crippen molar-refractivity contribution in [2.45, 2.75) is 39.5 Å². The third-order valence-corrected chi connectivity index (χ3v) is 4.65. The first-order valence-electron chi connectivity index (χ1n) is 7.59. The molecule has 1 rings (SSSR count). The van der Waals surface area contributed by atoms with E-state index in [1.165, 1.54) is 10.9 Å². The van der Waals surface area contributed by atoms with Crippen molar-refractivity contribution < 1.29 is 19.0 Å². The van der Waals surface area contributed by atoms with Gasteiger partial charge in [0.25, 0.3) is 0 Å². The molecular formula is C16H22ClNO4S. The lowest BCUT2D eigenvalue weighted by atomic mass is 9.80. The molecule has 7 heteroatoms. The molecule has 1 fully saturated rings. The summed E-state index contributed by atoms with van der Waals surface area (Å²) in [4.78, 5) is 29.8. The lowest BCUT2D eigenvalue weighted by molar-refractivity contribution is -0.131. The average Bonchev–Trinajstić information content (AvgIpc) is 2.50. The molecular weight excluding hydrogens is 338 g/mol. The Morgan fingerprint density at radius 1 is 1.39 bits per heavy atom. The molecule has 1 unspecified atom stereocenters. The predicted octanol–water partition coefficient (Wildman–Crippen LogP) is 3.11. The van der Waals surface area contributed by atoms with E-state index in [0.717, 1.165) is 6.42 Å². The topological polar surface area (TPSA) is 78.8 Å². The zero-order valence-corrected chi connectivity index (χ0v) is 15.0. The number of ketones is 2. The van der Waals surface area contributed by atoms with Crippen molar-refractivity contribution in [1.29, 1.82) is 0 Å². The number of oxime groups is 1. The van der Waals surface area contributed by atoms with E-state index in [1.54, 1.807) is 13.0 Å². The van der Waals surface area contributed by atoms with Gasteiger partial charge in [-0.25, -0.2) is 0 Å². The maximum Gasteiger partial charge on any atom is 0.153 e. The van der Waals surface area contributed by atoms with Crippen LogP contribution >= 0.6 is 11.6 Å². The van der Waals surface area contributed by atoms with Crippen LogP contribution in [0, 0.1) is 5.92 Å². The van der Waals surface area contributed by atoms with Crippen LogP contribution in [-0.2, 0) is 25.6 Å². The monoisotopic (exact) mass is 359 g/mol. The van der Waals surface area contributed by atoms with Crippen LogP contribution in [0.1, 0.15) is 39.5 Å². The molecule has 1 aliphatic rings. The molecule has 0 N–H and O–H groups in total. The van der Waals surface area contributed by atoms with Gasteiger partial charge in [-0.15, -0.1) is 0 Å². The number of allylic oxidation sites excluding steroid dienone is 1. The highest BCUT2D eigenvalue weighted by Crippen LogP contribution is 2.26. The van der Waals surface area contributed by atoms with E-state index in [2.05, 4.69) is 5.16 Å². The number of halogens is 1. The third-order valence-electron chi connectivity index (χ3n) is 3.31. The molecule has 1 saturated carbocycles. The summed E-state index contributed by atoms with van der Waals surface area (Å²) in [7, 11) is 0. The fourth-order valence-electron chi connectivity index (χ4n) is 2.32. The first-order valence-corrected chi connectivity index (χ1v) is 9.41. The van der Waals surface area contributed by atoms with Gasteiger partial charge in [-0.3, -0.25) is 9.59 Å². The van der Waals surface area contributed by atoms with Crippen LogP contribution in [0.4, 0.5) is 0 Å². The zero-order chi connectivity index (χ0) is 17.2. The van der Waals surface area contributed by atoms with Gasteiger partial charge in [-0.05, 0) is 36.2 Å². The Labute approximate surface area is 145 Å². The van der Waals surface area contributed by atoms with Gasteiger partial charge in [-0.2, -0.15) is 0 Å². The molecule has 0 saturated heterocycles. The second-order valence-electron chi connectivity index (χ2n) is 5.15. The highest BCUT2D eigenvalue weighted by Gasteiger charge is 2.37. The summed E-state index contributed by atoms with van der Waals surface area (Å²) in [5, 5.41) is 5.50.